The lowest BCUT2D eigenvalue weighted by molar-refractivity contribution is 0.0787. The van der Waals surface area contributed by atoms with Crippen LogP contribution in [-0.2, 0) is 0 Å². The van der Waals surface area contributed by atoms with Gasteiger partial charge in [0.2, 0.25) is 0 Å². The number of nitrogens with zero attached hydrogens (tertiary/aromatic N) is 1. The number of hydrogen-bond donors (Lipinski definition) is 1. The molecule has 5 heteroatoms. The predicted molar refractivity (Wildman–Crippen MR) is 82.1 cm³/mol. The first-order chi connectivity index (χ1) is 8.61. The summed E-state index contributed by atoms with van der Waals surface area (Å²) in [5.74, 6) is 0.688. The van der Waals surface area contributed by atoms with E-state index in [1.165, 1.54) is 0 Å². The number of carbonyl (C=O) groups is 1. The molecule has 1 fully saturated rings. The molecule has 3 nitrogen and oxygen atoms in total. The van der Waals surface area contributed by atoms with E-state index in [9.17, 15) is 4.79 Å². The summed E-state index contributed by atoms with van der Waals surface area (Å²) >= 11 is 8.12. The van der Waals surface area contributed by atoms with Crippen molar-refractivity contribution < 1.29 is 4.79 Å². The maximum Gasteiger partial charge on any atom is 0.253 e. The molecule has 1 saturated heterocycles. The molecule has 1 aromatic rings. The van der Waals surface area contributed by atoms with Gasteiger partial charge in [-0.05, 0) is 66.7 Å². The van der Waals surface area contributed by atoms with E-state index in [0.29, 0.717) is 10.9 Å². The molecule has 0 saturated carbocycles. The predicted octanol–water partition coefficient (Wildman–Crippen LogP) is 2.63. The van der Waals surface area contributed by atoms with Crippen molar-refractivity contribution in [1.82, 2.24) is 10.2 Å². The molecule has 0 bridgehead atoms. The molecule has 1 unspecified atom stereocenters. The zero-order chi connectivity index (χ0) is 13.1. The van der Waals surface area contributed by atoms with E-state index in [1.807, 2.05) is 18.0 Å². The van der Waals surface area contributed by atoms with Crippen LogP contribution in [0.3, 0.4) is 0 Å². The topological polar surface area (TPSA) is 32.3 Å². The number of halogens is 2. The van der Waals surface area contributed by atoms with Crippen molar-refractivity contribution >= 4 is 40.1 Å². The first-order valence-corrected chi connectivity index (χ1v) is 7.46. The Hall–Kier alpha value is -0.330. The lowest BCUT2D eigenvalue weighted by atomic mass is 10.1. The molecule has 2 rings (SSSR count). The summed E-state index contributed by atoms with van der Waals surface area (Å²) < 4.78 is 0.922. The van der Waals surface area contributed by atoms with Gasteiger partial charge >= 0.3 is 0 Å². The third-order valence-corrected chi connectivity index (χ3v) is 4.77. The Balaban J connectivity index is 2.05. The number of likely N-dealkylation sites (tertiary alicyclic amines) is 1. The first kappa shape index (κ1) is 14.1. The monoisotopic (exact) mass is 378 g/mol. The summed E-state index contributed by atoms with van der Waals surface area (Å²) in [4.78, 5) is 14.3. The number of hydrogen-bond acceptors (Lipinski definition) is 2. The molecule has 1 amide bonds. The van der Waals surface area contributed by atoms with E-state index >= 15 is 0 Å². The second-order valence-electron chi connectivity index (χ2n) is 4.59. The lowest BCUT2D eigenvalue weighted by Gasteiger charge is -2.17. The zero-order valence-corrected chi connectivity index (χ0v) is 13.2. The molecule has 1 aliphatic heterocycles. The molecule has 0 aliphatic carbocycles. The van der Waals surface area contributed by atoms with Crippen molar-refractivity contribution in [3.63, 3.8) is 0 Å². The molecule has 98 valence electrons. The summed E-state index contributed by atoms with van der Waals surface area (Å²) in [5.41, 5.74) is 0.730. The van der Waals surface area contributed by atoms with Gasteiger partial charge in [-0.15, -0.1) is 0 Å². The van der Waals surface area contributed by atoms with Gasteiger partial charge < -0.3 is 10.2 Å². The first-order valence-electron chi connectivity index (χ1n) is 6.00. The van der Waals surface area contributed by atoms with Crippen LogP contribution in [0.1, 0.15) is 16.8 Å². The third kappa shape index (κ3) is 3.16. The van der Waals surface area contributed by atoms with E-state index < -0.39 is 0 Å². The number of amides is 1. The van der Waals surface area contributed by atoms with Gasteiger partial charge in [0.05, 0.1) is 5.02 Å². The summed E-state index contributed by atoms with van der Waals surface area (Å²) in [6, 6.07) is 5.45. The minimum atomic E-state index is 0.114. The standard InChI is InChI=1S/C13H16ClIN2O/c1-16-7-9-4-5-17(8-9)13(18)10-2-3-11(14)12(15)6-10/h2-3,6,9,16H,4-5,7-8H2,1H3. The van der Waals surface area contributed by atoms with Crippen LogP contribution < -0.4 is 5.32 Å². The smallest absolute Gasteiger partial charge is 0.253 e. The maximum atomic E-state index is 12.3. The fraction of sp³-hybridized carbons (Fsp3) is 0.462. The highest BCUT2D eigenvalue weighted by Gasteiger charge is 2.26. The Morgan fingerprint density at radius 1 is 1.61 bits per heavy atom. The molecule has 18 heavy (non-hydrogen) atoms. The van der Waals surface area contributed by atoms with Crippen molar-refractivity contribution in [2.24, 2.45) is 5.92 Å². The SMILES string of the molecule is CNCC1CCN(C(=O)c2ccc(Cl)c(I)c2)C1. The van der Waals surface area contributed by atoms with Crippen molar-refractivity contribution in [3.05, 3.63) is 32.4 Å². The van der Waals surface area contributed by atoms with Crippen LogP contribution in [0.5, 0.6) is 0 Å². The lowest BCUT2D eigenvalue weighted by Crippen LogP contribution is -2.30. The average Bonchev–Trinajstić information content (AvgIpc) is 2.81. The highest BCUT2D eigenvalue weighted by molar-refractivity contribution is 14.1. The second kappa shape index (κ2) is 6.21. The normalized spacial score (nSPS) is 19.3. The summed E-state index contributed by atoms with van der Waals surface area (Å²) in [6.45, 7) is 2.67. The highest BCUT2D eigenvalue weighted by atomic mass is 127. The number of benzene rings is 1. The molecule has 1 aromatic carbocycles. The number of nitrogens with one attached hydrogen (secondary N) is 1. The van der Waals surface area contributed by atoms with E-state index in [2.05, 4.69) is 27.9 Å². The van der Waals surface area contributed by atoms with E-state index in [0.717, 1.165) is 35.2 Å². The van der Waals surface area contributed by atoms with Gasteiger partial charge in [0.15, 0.2) is 0 Å². The second-order valence-corrected chi connectivity index (χ2v) is 6.16. The minimum Gasteiger partial charge on any atom is -0.338 e. The van der Waals surface area contributed by atoms with Gasteiger partial charge in [0.1, 0.15) is 0 Å². The molecule has 1 heterocycles. The fourth-order valence-corrected chi connectivity index (χ4v) is 2.92. The summed E-state index contributed by atoms with van der Waals surface area (Å²) in [5, 5.41) is 3.86. The van der Waals surface area contributed by atoms with Crippen LogP contribution >= 0.6 is 34.2 Å². The Morgan fingerprint density at radius 2 is 2.39 bits per heavy atom. The molecule has 1 aliphatic rings. The fourth-order valence-electron chi connectivity index (χ4n) is 2.28. The van der Waals surface area contributed by atoms with E-state index in [-0.39, 0.29) is 5.91 Å². The Bertz CT molecular complexity index is 453. The van der Waals surface area contributed by atoms with E-state index in [1.54, 1.807) is 12.1 Å². The van der Waals surface area contributed by atoms with Crippen molar-refractivity contribution in [2.75, 3.05) is 26.7 Å². The summed E-state index contributed by atoms with van der Waals surface area (Å²) in [6.07, 6.45) is 1.08. The molecule has 0 spiro atoms. The zero-order valence-electron chi connectivity index (χ0n) is 10.2. The molecule has 1 N–H and O–H groups in total. The van der Waals surface area contributed by atoms with Crippen LogP contribution in [-0.4, -0.2) is 37.5 Å². The van der Waals surface area contributed by atoms with Gasteiger partial charge in [-0.1, -0.05) is 11.6 Å². The van der Waals surface area contributed by atoms with Gasteiger partial charge in [0.25, 0.3) is 5.91 Å². The van der Waals surface area contributed by atoms with Gasteiger partial charge in [0, 0.05) is 22.2 Å². The van der Waals surface area contributed by atoms with Crippen LogP contribution in [0.15, 0.2) is 18.2 Å². The van der Waals surface area contributed by atoms with Crippen molar-refractivity contribution in [3.8, 4) is 0 Å². The maximum absolute atomic E-state index is 12.3. The molecule has 0 aromatic heterocycles. The highest BCUT2D eigenvalue weighted by Crippen LogP contribution is 2.22. The van der Waals surface area contributed by atoms with Crippen molar-refractivity contribution in [2.45, 2.75) is 6.42 Å². The molecule has 1 atom stereocenters. The molecular formula is C13H16ClIN2O. The average molecular weight is 379 g/mol. The Morgan fingerprint density at radius 3 is 3.06 bits per heavy atom. The minimum absolute atomic E-state index is 0.114. The van der Waals surface area contributed by atoms with Crippen LogP contribution in [0, 0.1) is 9.49 Å². The molecule has 0 radical (unpaired) electrons. The van der Waals surface area contributed by atoms with Crippen LogP contribution in [0.4, 0.5) is 0 Å². The number of rotatable bonds is 3. The van der Waals surface area contributed by atoms with Gasteiger partial charge in [-0.2, -0.15) is 0 Å². The number of carbonyl (C=O) groups excluding carboxylic acids is 1. The largest absolute Gasteiger partial charge is 0.338 e. The quantitative estimate of drug-likeness (QED) is 0.820. The van der Waals surface area contributed by atoms with Crippen LogP contribution in [0.25, 0.3) is 0 Å². The molecular weight excluding hydrogens is 363 g/mol. The third-order valence-electron chi connectivity index (χ3n) is 3.23. The van der Waals surface area contributed by atoms with Gasteiger partial charge in [-0.25, -0.2) is 0 Å². The van der Waals surface area contributed by atoms with Crippen LogP contribution in [0.2, 0.25) is 5.02 Å². The Labute approximate surface area is 126 Å². The summed E-state index contributed by atoms with van der Waals surface area (Å²) in [7, 11) is 1.95. The van der Waals surface area contributed by atoms with Crippen molar-refractivity contribution in [1.29, 1.82) is 0 Å². The Kier molecular flexibility index (Phi) is 4.86. The van der Waals surface area contributed by atoms with E-state index in [4.69, 9.17) is 11.6 Å². The van der Waals surface area contributed by atoms with Gasteiger partial charge in [-0.3, -0.25) is 4.79 Å².